The Hall–Kier alpha value is -1.32. The van der Waals surface area contributed by atoms with Crippen LogP contribution in [0.2, 0.25) is 0 Å². The van der Waals surface area contributed by atoms with Crippen molar-refractivity contribution >= 4 is 23.3 Å². The third kappa shape index (κ3) is 3.86. The number of benzene rings is 1. The smallest absolute Gasteiger partial charge is 0.119 e. The topological polar surface area (TPSA) is 34.1 Å². The number of nitrogens with one attached hydrogen (secondary N) is 1. The van der Waals surface area contributed by atoms with E-state index in [0.29, 0.717) is 0 Å². The second-order valence-electron chi connectivity index (χ2n) is 5.60. The number of aromatic nitrogens is 1. The molecule has 0 bridgehead atoms. The van der Waals surface area contributed by atoms with E-state index in [2.05, 4.69) is 22.4 Å². The third-order valence-electron chi connectivity index (χ3n) is 4.26. The number of pyridine rings is 1. The van der Waals surface area contributed by atoms with Crippen LogP contribution in [0.3, 0.4) is 0 Å². The number of fused-ring (bicyclic) bond motifs is 1. The number of aryl methyl sites for hydroxylation is 1. The van der Waals surface area contributed by atoms with Crippen molar-refractivity contribution in [3.05, 3.63) is 36.0 Å². The predicted octanol–water partition coefficient (Wildman–Crippen LogP) is 3.60. The van der Waals surface area contributed by atoms with Gasteiger partial charge < -0.3 is 10.1 Å². The largest absolute Gasteiger partial charge is 0.497 e. The summed E-state index contributed by atoms with van der Waals surface area (Å²) in [6, 6.07) is 8.28. The van der Waals surface area contributed by atoms with Crippen molar-refractivity contribution in [1.82, 2.24) is 10.3 Å². The van der Waals surface area contributed by atoms with Gasteiger partial charge in [0.1, 0.15) is 5.75 Å². The van der Waals surface area contributed by atoms with Gasteiger partial charge in [-0.1, -0.05) is 0 Å². The molecule has 114 valence electrons. The Morgan fingerprint density at radius 3 is 3.00 bits per heavy atom. The van der Waals surface area contributed by atoms with Gasteiger partial charge in [0.25, 0.3) is 0 Å². The molecule has 1 aromatic carbocycles. The number of piperidine rings is 1. The zero-order chi connectivity index (χ0) is 13.8. The van der Waals surface area contributed by atoms with Crippen molar-refractivity contribution < 1.29 is 4.74 Å². The highest BCUT2D eigenvalue weighted by molar-refractivity contribution is 5.85. The van der Waals surface area contributed by atoms with E-state index >= 15 is 0 Å². The summed E-state index contributed by atoms with van der Waals surface area (Å²) in [7, 11) is 1.71. The number of hydrogen-bond acceptors (Lipinski definition) is 3. The zero-order valence-electron chi connectivity index (χ0n) is 12.5. The quantitative estimate of drug-likeness (QED) is 0.937. The van der Waals surface area contributed by atoms with Gasteiger partial charge in [0, 0.05) is 11.6 Å². The van der Waals surface area contributed by atoms with Gasteiger partial charge in [-0.3, -0.25) is 4.98 Å². The van der Waals surface area contributed by atoms with Crippen LogP contribution in [0.1, 0.15) is 24.8 Å². The van der Waals surface area contributed by atoms with E-state index < -0.39 is 0 Å². The van der Waals surface area contributed by atoms with Crippen molar-refractivity contribution in [2.24, 2.45) is 5.92 Å². The third-order valence-corrected chi connectivity index (χ3v) is 4.26. The first-order chi connectivity index (χ1) is 9.86. The molecule has 21 heavy (non-hydrogen) atoms. The lowest BCUT2D eigenvalue weighted by Crippen LogP contribution is -2.29. The van der Waals surface area contributed by atoms with Crippen molar-refractivity contribution in [1.29, 1.82) is 0 Å². The molecular formula is C17H23ClN2O. The van der Waals surface area contributed by atoms with Crippen LogP contribution in [-0.4, -0.2) is 25.2 Å². The molecule has 0 aliphatic carbocycles. The standard InChI is InChI=1S/C17H22N2O.ClH/c1-20-15-6-7-17-16(11-15)14(8-10-19-17)5-4-13-3-2-9-18-12-13;/h6-8,10-11,13,18H,2-5,9,12H2,1H3;1H. The van der Waals surface area contributed by atoms with E-state index in [1.165, 1.54) is 43.3 Å². The average Bonchev–Trinajstić information content (AvgIpc) is 2.53. The summed E-state index contributed by atoms with van der Waals surface area (Å²) in [5.74, 6) is 1.73. The molecule has 1 saturated heterocycles. The van der Waals surface area contributed by atoms with Crippen molar-refractivity contribution in [2.75, 3.05) is 20.2 Å². The maximum Gasteiger partial charge on any atom is 0.119 e. The fourth-order valence-electron chi connectivity index (χ4n) is 3.06. The summed E-state index contributed by atoms with van der Waals surface area (Å²) in [5, 5.41) is 4.73. The Labute approximate surface area is 132 Å². The van der Waals surface area contributed by atoms with E-state index in [9.17, 15) is 0 Å². The molecule has 1 aromatic heterocycles. The summed E-state index contributed by atoms with van der Waals surface area (Å²) < 4.78 is 5.33. The molecule has 2 heterocycles. The molecule has 3 rings (SSSR count). The first-order valence-corrected chi connectivity index (χ1v) is 7.49. The predicted molar refractivity (Wildman–Crippen MR) is 89.5 cm³/mol. The SMILES string of the molecule is COc1ccc2nccc(CCC3CCCNC3)c2c1.Cl. The second-order valence-corrected chi connectivity index (χ2v) is 5.60. The zero-order valence-corrected chi connectivity index (χ0v) is 13.3. The van der Waals surface area contributed by atoms with E-state index in [1.807, 2.05) is 18.3 Å². The summed E-state index contributed by atoms with van der Waals surface area (Å²) in [4.78, 5) is 4.44. The van der Waals surface area contributed by atoms with Crippen LogP contribution >= 0.6 is 12.4 Å². The first kappa shape index (κ1) is 16.1. The van der Waals surface area contributed by atoms with Gasteiger partial charge in [0.05, 0.1) is 12.6 Å². The van der Waals surface area contributed by atoms with Crippen LogP contribution in [0, 0.1) is 5.92 Å². The number of ether oxygens (including phenoxy) is 1. The van der Waals surface area contributed by atoms with E-state index in [0.717, 1.165) is 23.6 Å². The Morgan fingerprint density at radius 2 is 2.24 bits per heavy atom. The van der Waals surface area contributed by atoms with Crippen molar-refractivity contribution in [3.63, 3.8) is 0 Å². The summed E-state index contributed by atoms with van der Waals surface area (Å²) in [5.41, 5.74) is 2.45. The fourth-order valence-corrected chi connectivity index (χ4v) is 3.06. The van der Waals surface area contributed by atoms with Gasteiger partial charge in [-0.15, -0.1) is 12.4 Å². The first-order valence-electron chi connectivity index (χ1n) is 7.49. The normalized spacial score (nSPS) is 18.2. The Balaban J connectivity index is 0.00000161. The number of methoxy groups -OCH3 is 1. The van der Waals surface area contributed by atoms with Crippen LogP contribution in [0.4, 0.5) is 0 Å². The lowest BCUT2D eigenvalue weighted by molar-refractivity contribution is 0.358. The fraction of sp³-hybridized carbons (Fsp3) is 0.471. The van der Waals surface area contributed by atoms with Gasteiger partial charge >= 0.3 is 0 Å². The van der Waals surface area contributed by atoms with Crippen molar-refractivity contribution in [2.45, 2.75) is 25.7 Å². The van der Waals surface area contributed by atoms with Gasteiger partial charge in [-0.05, 0) is 74.5 Å². The molecular weight excluding hydrogens is 284 g/mol. The maximum atomic E-state index is 5.33. The van der Waals surface area contributed by atoms with E-state index in [4.69, 9.17) is 4.74 Å². The lowest BCUT2D eigenvalue weighted by atomic mass is 9.92. The Kier molecular flexibility index (Phi) is 5.83. The molecule has 3 nitrogen and oxygen atoms in total. The van der Waals surface area contributed by atoms with Gasteiger partial charge in [-0.25, -0.2) is 0 Å². The molecule has 1 unspecified atom stereocenters. The second kappa shape index (κ2) is 7.62. The molecule has 0 saturated carbocycles. The van der Waals surface area contributed by atoms with Crippen molar-refractivity contribution in [3.8, 4) is 5.75 Å². The van der Waals surface area contributed by atoms with Crippen LogP contribution in [0.5, 0.6) is 5.75 Å². The summed E-state index contributed by atoms with van der Waals surface area (Å²) in [6.07, 6.45) is 6.97. The molecule has 1 N–H and O–H groups in total. The highest BCUT2D eigenvalue weighted by atomic mass is 35.5. The van der Waals surface area contributed by atoms with Crippen LogP contribution in [0.25, 0.3) is 10.9 Å². The molecule has 0 spiro atoms. The molecule has 1 aliphatic rings. The van der Waals surface area contributed by atoms with Crippen LogP contribution < -0.4 is 10.1 Å². The van der Waals surface area contributed by atoms with Crippen LogP contribution in [0.15, 0.2) is 30.5 Å². The van der Waals surface area contributed by atoms with Crippen LogP contribution in [-0.2, 0) is 6.42 Å². The highest BCUT2D eigenvalue weighted by Gasteiger charge is 2.13. The minimum atomic E-state index is 0. The summed E-state index contributed by atoms with van der Waals surface area (Å²) in [6.45, 7) is 2.36. The molecule has 1 fully saturated rings. The van der Waals surface area contributed by atoms with Gasteiger partial charge in [0.15, 0.2) is 0 Å². The molecule has 4 heteroatoms. The van der Waals surface area contributed by atoms with Gasteiger partial charge in [0.2, 0.25) is 0 Å². The minimum Gasteiger partial charge on any atom is -0.497 e. The summed E-state index contributed by atoms with van der Waals surface area (Å²) >= 11 is 0. The molecule has 0 amide bonds. The van der Waals surface area contributed by atoms with E-state index in [-0.39, 0.29) is 12.4 Å². The van der Waals surface area contributed by atoms with Gasteiger partial charge in [-0.2, -0.15) is 0 Å². The Morgan fingerprint density at radius 1 is 1.33 bits per heavy atom. The van der Waals surface area contributed by atoms with E-state index in [1.54, 1.807) is 7.11 Å². The maximum absolute atomic E-state index is 5.33. The Bertz CT molecular complexity index is 582. The number of halogens is 1. The molecule has 2 aromatic rings. The number of rotatable bonds is 4. The monoisotopic (exact) mass is 306 g/mol. The molecule has 1 atom stereocenters. The number of hydrogen-bond donors (Lipinski definition) is 1. The highest BCUT2D eigenvalue weighted by Crippen LogP contribution is 2.25. The molecule has 0 radical (unpaired) electrons. The average molecular weight is 307 g/mol. The lowest BCUT2D eigenvalue weighted by Gasteiger charge is -2.22. The minimum absolute atomic E-state index is 0. The number of nitrogens with zero attached hydrogens (tertiary/aromatic N) is 1. The molecule has 1 aliphatic heterocycles.